The van der Waals surface area contributed by atoms with Gasteiger partial charge in [-0.3, -0.25) is 19.1 Å². The number of hydrogen-bond donors (Lipinski definition) is 2. The maximum atomic E-state index is 14.2. The first kappa shape index (κ1) is 32.9. The fourth-order valence-electron chi connectivity index (χ4n) is 5.25. The van der Waals surface area contributed by atoms with Crippen LogP contribution in [0, 0.1) is 5.82 Å². The summed E-state index contributed by atoms with van der Waals surface area (Å²) in [5.74, 6) is -1.43. The fraction of sp³-hybridized carbons (Fsp3) is 0.300. The molecule has 0 unspecified atom stereocenters. The Hall–Kier alpha value is -4.50. The van der Waals surface area contributed by atoms with Crippen molar-refractivity contribution >= 4 is 39.6 Å². The van der Waals surface area contributed by atoms with Gasteiger partial charge >= 0.3 is 6.18 Å². The number of anilines is 1. The van der Waals surface area contributed by atoms with E-state index >= 15 is 0 Å². The van der Waals surface area contributed by atoms with Crippen molar-refractivity contribution < 1.29 is 27.2 Å². The van der Waals surface area contributed by atoms with E-state index in [1.54, 1.807) is 20.9 Å². The van der Waals surface area contributed by atoms with Crippen molar-refractivity contribution in [1.29, 1.82) is 0 Å². The minimum atomic E-state index is -4.77. The number of carbonyl (C=O) groups is 2. The number of hydrogen-bond acceptors (Lipinski definition) is 6. The second-order valence-electron chi connectivity index (χ2n) is 11.0. The molecule has 10 nitrogen and oxygen atoms in total. The van der Waals surface area contributed by atoms with Crippen molar-refractivity contribution in [2.75, 3.05) is 12.4 Å². The summed E-state index contributed by atoms with van der Waals surface area (Å²) in [5.41, 5.74) is -0.757. The number of nitrogens with zero attached hydrogens (tertiary/aromatic N) is 5. The molecule has 0 fully saturated rings. The predicted molar refractivity (Wildman–Crippen MR) is 163 cm³/mol. The van der Waals surface area contributed by atoms with Gasteiger partial charge in [-0.15, -0.1) is 0 Å². The van der Waals surface area contributed by atoms with Crippen LogP contribution in [0.1, 0.15) is 57.1 Å². The Morgan fingerprint density at radius 2 is 1.78 bits per heavy atom. The average molecular weight is 673 g/mol. The standard InChI is InChI=1S/C30H27ClF4N7O3Si/c1-15-11-19-23(14-41(15)26(44)16-5-10-21(31)20(12-16)30(33,34)35)37-28(38-29(2,46)17-6-8-18(32)9-7-17)42(27(19)45)24-13-22(25(43)36-3)39-40(24)4/h5-10,12-13,15H,11,14H2,1-4H3,(H,36,43)(H,37,38)/t15-,29+/m1/s1. The van der Waals surface area contributed by atoms with E-state index in [1.165, 1.54) is 57.6 Å². The zero-order valence-corrected chi connectivity index (χ0v) is 26.7. The lowest BCUT2D eigenvalue weighted by atomic mass is 9.98. The monoisotopic (exact) mass is 672 g/mol. The van der Waals surface area contributed by atoms with Gasteiger partial charge in [0.15, 0.2) is 5.69 Å². The zero-order valence-electron chi connectivity index (χ0n) is 25.0. The van der Waals surface area contributed by atoms with E-state index in [9.17, 15) is 31.9 Å². The minimum Gasteiger partial charge on any atom is -0.354 e. The van der Waals surface area contributed by atoms with Crippen LogP contribution in [-0.4, -0.2) is 59.4 Å². The highest BCUT2D eigenvalue weighted by Crippen LogP contribution is 2.36. The van der Waals surface area contributed by atoms with Gasteiger partial charge in [-0.25, -0.2) is 13.9 Å². The number of fused-ring (bicyclic) bond motifs is 1. The molecule has 1 aliphatic heterocycles. The molecule has 2 aromatic heterocycles. The molecule has 2 aromatic carbocycles. The molecule has 3 heterocycles. The summed E-state index contributed by atoms with van der Waals surface area (Å²) >= 11 is 5.76. The third-order valence-corrected chi connectivity index (χ3v) is 8.46. The summed E-state index contributed by atoms with van der Waals surface area (Å²) in [4.78, 5) is 46.2. The van der Waals surface area contributed by atoms with Crippen molar-refractivity contribution in [2.45, 2.75) is 44.2 Å². The van der Waals surface area contributed by atoms with Crippen molar-refractivity contribution in [3.8, 4) is 5.82 Å². The topological polar surface area (TPSA) is 114 Å². The van der Waals surface area contributed by atoms with Crippen molar-refractivity contribution in [2.24, 2.45) is 7.05 Å². The van der Waals surface area contributed by atoms with Crippen LogP contribution in [0.25, 0.3) is 5.82 Å². The number of benzene rings is 2. The van der Waals surface area contributed by atoms with E-state index in [0.29, 0.717) is 11.6 Å². The van der Waals surface area contributed by atoms with Crippen LogP contribution in [0.15, 0.2) is 53.3 Å². The Morgan fingerprint density at radius 3 is 2.41 bits per heavy atom. The third-order valence-electron chi connectivity index (χ3n) is 7.72. The highest BCUT2D eigenvalue weighted by atomic mass is 35.5. The lowest BCUT2D eigenvalue weighted by molar-refractivity contribution is -0.137. The molecule has 46 heavy (non-hydrogen) atoms. The molecule has 2 atom stereocenters. The smallest absolute Gasteiger partial charge is 0.354 e. The number of nitrogens with one attached hydrogen (secondary N) is 2. The van der Waals surface area contributed by atoms with Crippen LogP contribution >= 0.6 is 11.6 Å². The highest BCUT2D eigenvalue weighted by molar-refractivity contribution is 6.31. The third kappa shape index (κ3) is 6.16. The summed E-state index contributed by atoms with van der Waals surface area (Å²) in [7, 11) is 6.66. The van der Waals surface area contributed by atoms with Crippen LogP contribution in [0.4, 0.5) is 23.5 Å². The van der Waals surface area contributed by atoms with E-state index in [2.05, 4.69) is 26.0 Å². The Morgan fingerprint density at radius 1 is 1.11 bits per heavy atom. The molecule has 16 heteroatoms. The Labute approximate surface area is 268 Å². The number of halogens is 5. The van der Waals surface area contributed by atoms with E-state index in [4.69, 9.17) is 16.6 Å². The first-order valence-electron chi connectivity index (χ1n) is 13.9. The predicted octanol–water partition coefficient (Wildman–Crippen LogP) is 4.18. The first-order valence-corrected chi connectivity index (χ1v) is 14.8. The van der Waals surface area contributed by atoms with Gasteiger partial charge in [-0.1, -0.05) is 23.7 Å². The molecule has 5 rings (SSSR count). The summed E-state index contributed by atoms with van der Waals surface area (Å²) in [6, 6.07) is 9.37. The summed E-state index contributed by atoms with van der Waals surface area (Å²) in [5, 5.41) is 8.23. The summed E-state index contributed by atoms with van der Waals surface area (Å²) in [6.45, 7) is 3.20. The molecule has 1 aliphatic rings. The van der Waals surface area contributed by atoms with Crippen LogP contribution < -0.4 is 16.2 Å². The van der Waals surface area contributed by atoms with Crippen LogP contribution in [0.3, 0.4) is 0 Å². The van der Waals surface area contributed by atoms with Gasteiger partial charge in [0.25, 0.3) is 17.4 Å². The molecule has 0 saturated carbocycles. The molecule has 2 N–H and O–H groups in total. The van der Waals surface area contributed by atoms with Gasteiger partial charge in [0.05, 0.1) is 33.1 Å². The van der Waals surface area contributed by atoms with Gasteiger partial charge in [0.2, 0.25) is 5.95 Å². The Bertz CT molecular complexity index is 1910. The van der Waals surface area contributed by atoms with Gasteiger partial charge < -0.3 is 15.5 Å². The average Bonchev–Trinajstić information content (AvgIpc) is 3.37. The van der Waals surface area contributed by atoms with Gasteiger partial charge in [-0.05, 0) is 56.2 Å². The quantitative estimate of drug-likeness (QED) is 0.235. The van der Waals surface area contributed by atoms with E-state index in [0.717, 1.165) is 6.07 Å². The van der Waals surface area contributed by atoms with Crippen LogP contribution in [0.2, 0.25) is 5.02 Å². The van der Waals surface area contributed by atoms with E-state index in [-0.39, 0.29) is 47.2 Å². The largest absolute Gasteiger partial charge is 0.417 e. The van der Waals surface area contributed by atoms with Crippen molar-refractivity contribution in [3.05, 3.63) is 103 Å². The molecule has 0 spiro atoms. The number of aryl methyl sites for hydroxylation is 1. The van der Waals surface area contributed by atoms with Crippen molar-refractivity contribution in [1.82, 2.24) is 29.5 Å². The lowest BCUT2D eigenvalue weighted by Gasteiger charge is -2.35. The van der Waals surface area contributed by atoms with Gasteiger partial charge in [-0.2, -0.15) is 18.3 Å². The van der Waals surface area contributed by atoms with Crippen LogP contribution in [0.5, 0.6) is 0 Å². The molecule has 0 saturated heterocycles. The molecule has 3 radical (unpaired) electrons. The number of carbonyl (C=O) groups excluding carboxylic acids is 2. The second kappa shape index (κ2) is 12.0. The summed E-state index contributed by atoms with van der Waals surface area (Å²) in [6.07, 6.45) is -4.73. The van der Waals surface area contributed by atoms with Crippen LogP contribution in [-0.2, 0) is 31.4 Å². The van der Waals surface area contributed by atoms with Gasteiger partial charge in [0.1, 0.15) is 11.6 Å². The molecule has 239 valence electrons. The van der Waals surface area contributed by atoms with Crippen molar-refractivity contribution in [3.63, 3.8) is 0 Å². The normalized spacial score (nSPS) is 16.0. The van der Waals surface area contributed by atoms with E-state index < -0.39 is 51.2 Å². The Kier molecular flexibility index (Phi) is 8.59. The SMILES string of the molecule is CNC(=O)c1cc(-n2c(N[C@@](C)([Si])c3ccc(F)cc3)nc3c(c2=O)C[C@@H](C)N(C(=O)c2ccc(Cl)c(C(F)(F)F)c2)C3)n(C)n1. The van der Waals surface area contributed by atoms with Gasteiger partial charge in [0, 0.05) is 42.5 Å². The molecule has 0 bridgehead atoms. The summed E-state index contributed by atoms with van der Waals surface area (Å²) < 4.78 is 56.9. The Balaban J connectivity index is 1.62. The molecular weight excluding hydrogens is 646 g/mol. The first-order chi connectivity index (χ1) is 21.5. The number of alkyl halides is 3. The fourth-order valence-corrected chi connectivity index (χ4v) is 5.76. The number of rotatable bonds is 6. The zero-order chi connectivity index (χ0) is 33.7. The molecule has 2 amide bonds. The maximum Gasteiger partial charge on any atom is 0.417 e. The highest BCUT2D eigenvalue weighted by Gasteiger charge is 2.37. The lowest BCUT2D eigenvalue weighted by Crippen LogP contribution is -2.46. The molecule has 0 aliphatic carbocycles. The molecular formula is C30H27ClF4N7O3Si. The second-order valence-corrected chi connectivity index (χ2v) is 12.4. The number of amides is 2. The maximum absolute atomic E-state index is 14.2. The minimum absolute atomic E-state index is 0.00941. The molecule has 4 aromatic rings. The van der Waals surface area contributed by atoms with E-state index in [1.807, 2.05) is 0 Å². The number of aromatic nitrogens is 4.